The molecular formula is C9H10Cl2O3S. The Kier molecular flexibility index (Phi) is 3.87. The van der Waals surface area contributed by atoms with E-state index in [-0.39, 0.29) is 26.4 Å². The van der Waals surface area contributed by atoms with E-state index in [0.717, 1.165) is 0 Å². The Morgan fingerprint density at radius 1 is 1.27 bits per heavy atom. The van der Waals surface area contributed by atoms with Gasteiger partial charge in [0, 0.05) is 0 Å². The van der Waals surface area contributed by atoms with E-state index in [1.807, 2.05) is 0 Å². The minimum absolute atomic E-state index is 0.0322. The first-order chi connectivity index (χ1) is 6.88. The van der Waals surface area contributed by atoms with Crippen LogP contribution in [0.1, 0.15) is 13.3 Å². The Bertz CT molecular complexity index is 445. The van der Waals surface area contributed by atoms with Crippen molar-refractivity contribution in [2.75, 3.05) is 5.75 Å². The van der Waals surface area contributed by atoms with E-state index < -0.39 is 9.84 Å². The molecule has 0 radical (unpaired) electrons. The monoisotopic (exact) mass is 268 g/mol. The fourth-order valence-corrected chi connectivity index (χ4v) is 3.09. The van der Waals surface area contributed by atoms with E-state index in [1.165, 1.54) is 12.1 Å². The van der Waals surface area contributed by atoms with Crippen LogP contribution < -0.4 is 0 Å². The van der Waals surface area contributed by atoms with Gasteiger partial charge in [0.15, 0.2) is 15.6 Å². The van der Waals surface area contributed by atoms with Crippen molar-refractivity contribution in [3.8, 4) is 5.75 Å². The molecule has 1 aromatic rings. The zero-order valence-electron chi connectivity index (χ0n) is 8.00. The molecule has 0 spiro atoms. The summed E-state index contributed by atoms with van der Waals surface area (Å²) in [5.74, 6) is -0.265. The lowest BCUT2D eigenvalue weighted by atomic mass is 10.3. The predicted molar refractivity (Wildman–Crippen MR) is 60.5 cm³/mol. The molecule has 1 N–H and O–H groups in total. The normalized spacial score (nSPS) is 11.7. The first kappa shape index (κ1) is 12.6. The van der Waals surface area contributed by atoms with Gasteiger partial charge in [0.25, 0.3) is 0 Å². The average molecular weight is 269 g/mol. The summed E-state index contributed by atoms with van der Waals surface area (Å²) in [6, 6.07) is 2.40. The topological polar surface area (TPSA) is 54.4 Å². The number of halogens is 2. The van der Waals surface area contributed by atoms with E-state index in [4.69, 9.17) is 23.2 Å². The second kappa shape index (κ2) is 4.60. The molecule has 0 aliphatic heterocycles. The van der Waals surface area contributed by atoms with Crippen LogP contribution in [0.4, 0.5) is 0 Å². The highest BCUT2D eigenvalue weighted by atomic mass is 35.5. The molecule has 0 fully saturated rings. The maximum Gasteiger partial charge on any atom is 0.178 e. The molecule has 0 heterocycles. The lowest BCUT2D eigenvalue weighted by Gasteiger charge is -2.06. The molecule has 0 saturated carbocycles. The van der Waals surface area contributed by atoms with E-state index in [1.54, 1.807) is 6.92 Å². The molecule has 84 valence electrons. The zero-order chi connectivity index (χ0) is 11.6. The van der Waals surface area contributed by atoms with Gasteiger partial charge in [0.05, 0.1) is 20.7 Å². The number of hydrogen-bond acceptors (Lipinski definition) is 3. The molecule has 0 aliphatic carbocycles. The van der Waals surface area contributed by atoms with Crippen LogP contribution in [-0.4, -0.2) is 19.3 Å². The van der Waals surface area contributed by atoms with Crippen LogP contribution in [0.25, 0.3) is 0 Å². The molecular weight excluding hydrogens is 259 g/mol. The summed E-state index contributed by atoms with van der Waals surface area (Å²) in [7, 11) is -3.35. The van der Waals surface area contributed by atoms with Crippen molar-refractivity contribution in [1.29, 1.82) is 0 Å². The van der Waals surface area contributed by atoms with Crippen molar-refractivity contribution in [1.82, 2.24) is 0 Å². The van der Waals surface area contributed by atoms with Gasteiger partial charge < -0.3 is 5.11 Å². The maximum atomic E-state index is 11.6. The third kappa shape index (κ3) is 2.77. The number of aromatic hydroxyl groups is 1. The summed E-state index contributed by atoms with van der Waals surface area (Å²) in [4.78, 5) is 0.0390. The summed E-state index contributed by atoms with van der Waals surface area (Å²) >= 11 is 11.3. The first-order valence-electron chi connectivity index (χ1n) is 4.29. The molecule has 0 aliphatic rings. The Morgan fingerprint density at radius 2 is 1.73 bits per heavy atom. The molecule has 0 aromatic heterocycles. The molecule has 0 amide bonds. The third-order valence-corrected chi connectivity index (χ3v) is 4.30. The van der Waals surface area contributed by atoms with E-state index in [0.29, 0.717) is 6.42 Å². The van der Waals surface area contributed by atoms with Gasteiger partial charge in [0.2, 0.25) is 0 Å². The number of rotatable bonds is 3. The molecule has 15 heavy (non-hydrogen) atoms. The minimum atomic E-state index is -3.35. The van der Waals surface area contributed by atoms with E-state index >= 15 is 0 Å². The van der Waals surface area contributed by atoms with Gasteiger partial charge in [-0.25, -0.2) is 8.42 Å². The SMILES string of the molecule is CCCS(=O)(=O)c1cc(Cl)c(O)c(Cl)c1. The van der Waals surface area contributed by atoms with Gasteiger partial charge in [-0.05, 0) is 18.6 Å². The third-order valence-electron chi connectivity index (χ3n) is 1.82. The van der Waals surface area contributed by atoms with Gasteiger partial charge in [-0.3, -0.25) is 0 Å². The Balaban J connectivity index is 3.29. The Morgan fingerprint density at radius 3 is 2.13 bits per heavy atom. The van der Waals surface area contributed by atoms with Crippen molar-refractivity contribution in [3.05, 3.63) is 22.2 Å². The molecule has 3 nitrogen and oxygen atoms in total. The fourth-order valence-electron chi connectivity index (χ4n) is 1.11. The second-order valence-electron chi connectivity index (χ2n) is 3.05. The Labute approximate surface area is 98.6 Å². The van der Waals surface area contributed by atoms with E-state index in [2.05, 4.69) is 0 Å². The molecule has 6 heteroatoms. The predicted octanol–water partition coefficient (Wildman–Crippen LogP) is 2.88. The van der Waals surface area contributed by atoms with Gasteiger partial charge in [-0.2, -0.15) is 0 Å². The van der Waals surface area contributed by atoms with E-state index in [9.17, 15) is 13.5 Å². The number of benzene rings is 1. The summed E-state index contributed by atoms with van der Waals surface area (Å²) in [5, 5.41) is 9.15. The summed E-state index contributed by atoms with van der Waals surface area (Å²) in [6.45, 7) is 1.77. The average Bonchev–Trinajstić information content (AvgIpc) is 2.13. The smallest absolute Gasteiger partial charge is 0.178 e. The van der Waals surface area contributed by atoms with Gasteiger partial charge >= 0.3 is 0 Å². The maximum absolute atomic E-state index is 11.6. The molecule has 0 saturated heterocycles. The lowest BCUT2D eigenvalue weighted by Crippen LogP contribution is -2.05. The van der Waals surface area contributed by atoms with Crippen LogP contribution in [0.3, 0.4) is 0 Å². The fraction of sp³-hybridized carbons (Fsp3) is 0.333. The Hall–Kier alpha value is -0.450. The van der Waals surface area contributed by atoms with Crippen molar-refractivity contribution >= 4 is 33.0 Å². The summed E-state index contributed by atoms with van der Waals surface area (Å²) in [5.41, 5.74) is 0. The molecule has 1 aromatic carbocycles. The van der Waals surface area contributed by atoms with Crippen molar-refractivity contribution in [3.63, 3.8) is 0 Å². The van der Waals surface area contributed by atoms with Crippen LogP contribution in [0, 0.1) is 0 Å². The zero-order valence-corrected chi connectivity index (χ0v) is 10.3. The number of phenols is 1. The van der Waals surface area contributed by atoms with Crippen LogP contribution in [0.5, 0.6) is 5.75 Å². The quantitative estimate of drug-likeness (QED) is 0.917. The highest BCUT2D eigenvalue weighted by molar-refractivity contribution is 7.91. The van der Waals surface area contributed by atoms with Crippen LogP contribution in [0.15, 0.2) is 17.0 Å². The number of sulfone groups is 1. The molecule has 0 unspecified atom stereocenters. The van der Waals surface area contributed by atoms with Gasteiger partial charge in [-0.1, -0.05) is 30.1 Å². The first-order valence-corrected chi connectivity index (χ1v) is 6.70. The van der Waals surface area contributed by atoms with Crippen molar-refractivity contribution < 1.29 is 13.5 Å². The molecule has 0 bridgehead atoms. The van der Waals surface area contributed by atoms with Crippen LogP contribution >= 0.6 is 23.2 Å². The lowest BCUT2D eigenvalue weighted by molar-refractivity contribution is 0.475. The summed E-state index contributed by atoms with van der Waals surface area (Å²) < 4.78 is 23.3. The van der Waals surface area contributed by atoms with Crippen molar-refractivity contribution in [2.24, 2.45) is 0 Å². The van der Waals surface area contributed by atoms with Gasteiger partial charge in [0.1, 0.15) is 0 Å². The van der Waals surface area contributed by atoms with Gasteiger partial charge in [-0.15, -0.1) is 0 Å². The number of hydrogen-bond donors (Lipinski definition) is 1. The number of phenolic OH excluding ortho intramolecular Hbond substituents is 1. The minimum Gasteiger partial charge on any atom is -0.505 e. The molecule has 0 atom stereocenters. The highest BCUT2D eigenvalue weighted by Gasteiger charge is 2.17. The van der Waals surface area contributed by atoms with Crippen molar-refractivity contribution in [2.45, 2.75) is 18.2 Å². The van der Waals surface area contributed by atoms with Crippen LogP contribution in [0.2, 0.25) is 10.0 Å². The highest BCUT2D eigenvalue weighted by Crippen LogP contribution is 2.34. The standard InChI is InChI=1S/C9H10Cl2O3S/c1-2-3-15(13,14)6-4-7(10)9(12)8(11)5-6/h4-5,12H,2-3H2,1H3. The summed E-state index contributed by atoms with van der Waals surface area (Å²) in [6.07, 6.45) is 0.512. The second-order valence-corrected chi connectivity index (χ2v) is 5.98. The largest absolute Gasteiger partial charge is 0.505 e. The van der Waals surface area contributed by atoms with Crippen LogP contribution in [-0.2, 0) is 9.84 Å². The molecule has 1 rings (SSSR count).